The Bertz CT molecular complexity index is 817. The zero-order valence-corrected chi connectivity index (χ0v) is 16.0. The number of hydrogen-bond acceptors (Lipinski definition) is 3. The first-order valence-corrected chi connectivity index (χ1v) is 9.12. The first kappa shape index (κ1) is 18.4. The predicted molar refractivity (Wildman–Crippen MR) is 103 cm³/mol. The predicted octanol–water partition coefficient (Wildman–Crippen LogP) is 3.11. The summed E-state index contributed by atoms with van der Waals surface area (Å²) in [7, 11) is 3.57. The summed E-state index contributed by atoms with van der Waals surface area (Å²) in [6, 6.07) is 10.1. The lowest BCUT2D eigenvalue weighted by molar-refractivity contribution is 0.0940. The molecule has 138 valence electrons. The maximum Gasteiger partial charge on any atom is 0.251 e. The number of carbonyl (C=O) groups excluding carboxylic acids is 2. The summed E-state index contributed by atoms with van der Waals surface area (Å²) in [5.74, 6) is 0.0700. The highest BCUT2D eigenvalue weighted by atomic mass is 16.1. The van der Waals surface area contributed by atoms with E-state index in [1.165, 1.54) is 18.5 Å². The normalized spacial score (nSPS) is 13.9. The van der Waals surface area contributed by atoms with Crippen molar-refractivity contribution in [3.8, 4) is 0 Å². The number of aromatic nitrogens is 1. The number of ketones is 1. The van der Waals surface area contributed by atoms with Crippen molar-refractivity contribution in [2.24, 2.45) is 0 Å². The second-order valence-electron chi connectivity index (χ2n) is 7.26. The minimum Gasteiger partial charge on any atom is -0.355 e. The second kappa shape index (κ2) is 7.46. The second-order valence-corrected chi connectivity index (χ2v) is 7.26. The number of rotatable bonds is 7. The number of hydrogen-bond donors (Lipinski definition) is 1. The Labute approximate surface area is 155 Å². The van der Waals surface area contributed by atoms with E-state index < -0.39 is 0 Å². The molecule has 1 aliphatic rings. The van der Waals surface area contributed by atoms with Gasteiger partial charge in [-0.2, -0.15) is 0 Å². The molecular formula is C21H27N3O2. The van der Waals surface area contributed by atoms with Crippen molar-refractivity contribution in [3.05, 3.63) is 58.4 Å². The Kier molecular flexibility index (Phi) is 5.28. The van der Waals surface area contributed by atoms with Gasteiger partial charge in [-0.25, -0.2) is 0 Å². The SMILES string of the molecule is CNC(=O)c1ccc(CN(C)CC(=O)c2cc(C)n(C3CC3)c2C)cc1. The van der Waals surface area contributed by atoms with E-state index in [2.05, 4.69) is 23.7 Å². The molecule has 0 unspecified atom stereocenters. The van der Waals surface area contributed by atoms with E-state index in [-0.39, 0.29) is 11.7 Å². The molecule has 5 nitrogen and oxygen atoms in total. The van der Waals surface area contributed by atoms with E-state index in [1.54, 1.807) is 7.05 Å². The van der Waals surface area contributed by atoms with Crippen LogP contribution < -0.4 is 5.32 Å². The zero-order chi connectivity index (χ0) is 18.8. The molecule has 26 heavy (non-hydrogen) atoms. The summed E-state index contributed by atoms with van der Waals surface area (Å²) in [6.45, 7) is 5.18. The summed E-state index contributed by atoms with van der Waals surface area (Å²) < 4.78 is 2.31. The minimum atomic E-state index is -0.0916. The largest absolute Gasteiger partial charge is 0.355 e. The van der Waals surface area contributed by atoms with Crippen molar-refractivity contribution in [1.29, 1.82) is 0 Å². The van der Waals surface area contributed by atoms with Crippen molar-refractivity contribution in [2.45, 2.75) is 39.3 Å². The van der Waals surface area contributed by atoms with Crippen LogP contribution >= 0.6 is 0 Å². The van der Waals surface area contributed by atoms with Gasteiger partial charge in [-0.05, 0) is 57.5 Å². The van der Waals surface area contributed by atoms with Gasteiger partial charge in [-0.1, -0.05) is 12.1 Å². The Hall–Kier alpha value is -2.40. The van der Waals surface area contributed by atoms with Gasteiger partial charge in [0.1, 0.15) is 0 Å². The Morgan fingerprint density at radius 3 is 2.42 bits per heavy atom. The number of aryl methyl sites for hydroxylation is 1. The fraction of sp³-hybridized carbons (Fsp3) is 0.429. The maximum atomic E-state index is 12.7. The van der Waals surface area contributed by atoms with Crippen molar-refractivity contribution >= 4 is 11.7 Å². The molecule has 1 fully saturated rings. The third-order valence-electron chi connectivity index (χ3n) is 5.01. The van der Waals surface area contributed by atoms with Gasteiger partial charge in [0.05, 0.1) is 6.54 Å². The Morgan fingerprint density at radius 2 is 1.85 bits per heavy atom. The van der Waals surface area contributed by atoms with E-state index >= 15 is 0 Å². The van der Waals surface area contributed by atoms with Gasteiger partial charge >= 0.3 is 0 Å². The molecule has 1 N–H and O–H groups in total. The lowest BCUT2D eigenvalue weighted by Gasteiger charge is -2.16. The lowest BCUT2D eigenvalue weighted by atomic mass is 10.1. The third kappa shape index (κ3) is 3.88. The van der Waals surface area contributed by atoms with Crippen LogP contribution in [0.1, 0.15) is 56.6 Å². The van der Waals surface area contributed by atoms with Crippen LogP contribution in [-0.2, 0) is 6.54 Å². The first-order valence-electron chi connectivity index (χ1n) is 9.12. The number of likely N-dealkylation sites (N-methyl/N-ethyl adjacent to an activating group) is 1. The van der Waals surface area contributed by atoms with Crippen LogP contribution in [0.15, 0.2) is 30.3 Å². The van der Waals surface area contributed by atoms with E-state index in [4.69, 9.17) is 0 Å². The number of benzene rings is 1. The lowest BCUT2D eigenvalue weighted by Crippen LogP contribution is -2.26. The molecule has 0 spiro atoms. The molecule has 0 bridgehead atoms. The van der Waals surface area contributed by atoms with Crippen LogP contribution in [0.25, 0.3) is 0 Å². The number of amides is 1. The number of Topliss-reactive ketones (excluding diaryl/α,β-unsaturated/α-hetero) is 1. The van der Waals surface area contributed by atoms with Gasteiger partial charge in [0.25, 0.3) is 5.91 Å². The van der Waals surface area contributed by atoms with Gasteiger partial charge in [0.15, 0.2) is 5.78 Å². The minimum absolute atomic E-state index is 0.0916. The summed E-state index contributed by atoms with van der Waals surface area (Å²) in [5, 5.41) is 2.61. The molecule has 0 atom stereocenters. The van der Waals surface area contributed by atoms with Crippen LogP contribution in [-0.4, -0.2) is 41.8 Å². The maximum absolute atomic E-state index is 12.7. The molecule has 1 heterocycles. The quantitative estimate of drug-likeness (QED) is 0.778. The average molecular weight is 353 g/mol. The fourth-order valence-corrected chi connectivity index (χ4v) is 3.56. The standard InChI is InChI=1S/C21H27N3O2/c1-14-11-19(15(2)24(14)18-9-10-18)20(25)13-23(4)12-16-5-7-17(8-6-16)21(26)22-3/h5-8,11,18H,9-10,12-13H2,1-4H3,(H,22,26). The van der Waals surface area contributed by atoms with Gasteiger partial charge in [-0.3, -0.25) is 14.5 Å². The van der Waals surface area contributed by atoms with Crippen LogP contribution in [0.4, 0.5) is 0 Å². The third-order valence-corrected chi connectivity index (χ3v) is 5.01. The highest BCUT2D eigenvalue weighted by Crippen LogP contribution is 2.38. The summed E-state index contributed by atoms with van der Waals surface area (Å²) in [6.07, 6.45) is 2.44. The molecule has 1 saturated carbocycles. The van der Waals surface area contributed by atoms with Crippen molar-refractivity contribution in [1.82, 2.24) is 14.8 Å². The topological polar surface area (TPSA) is 54.3 Å². The molecule has 1 aromatic carbocycles. The number of carbonyl (C=O) groups is 2. The Balaban J connectivity index is 1.63. The fourth-order valence-electron chi connectivity index (χ4n) is 3.56. The van der Waals surface area contributed by atoms with Crippen LogP contribution in [0, 0.1) is 13.8 Å². The molecular weight excluding hydrogens is 326 g/mol. The molecule has 5 heteroatoms. The van der Waals surface area contributed by atoms with Crippen LogP contribution in [0.3, 0.4) is 0 Å². The van der Waals surface area contributed by atoms with Crippen LogP contribution in [0.5, 0.6) is 0 Å². The molecule has 0 radical (unpaired) electrons. The summed E-state index contributed by atoms with van der Waals surface area (Å²) in [5.41, 5.74) is 4.84. The highest BCUT2D eigenvalue weighted by Gasteiger charge is 2.28. The number of nitrogens with zero attached hydrogens (tertiary/aromatic N) is 2. The van der Waals surface area contributed by atoms with Gasteiger partial charge in [0, 0.05) is 42.1 Å². The molecule has 0 aliphatic heterocycles. The van der Waals surface area contributed by atoms with Crippen LogP contribution in [0.2, 0.25) is 0 Å². The monoisotopic (exact) mass is 353 g/mol. The molecule has 1 aromatic heterocycles. The van der Waals surface area contributed by atoms with Crippen molar-refractivity contribution in [3.63, 3.8) is 0 Å². The van der Waals surface area contributed by atoms with Crippen molar-refractivity contribution < 1.29 is 9.59 Å². The molecule has 0 saturated heterocycles. The molecule has 1 amide bonds. The zero-order valence-electron chi connectivity index (χ0n) is 16.0. The number of nitrogens with one attached hydrogen (secondary N) is 1. The molecule has 1 aliphatic carbocycles. The van der Waals surface area contributed by atoms with Gasteiger partial charge in [0.2, 0.25) is 0 Å². The van der Waals surface area contributed by atoms with E-state index in [9.17, 15) is 9.59 Å². The summed E-state index contributed by atoms with van der Waals surface area (Å²) >= 11 is 0. The van der Waals surface area contributed by atoms with E-state index in [0.717, 1.165) is 16.8 Å². The smallest absolute Gasteiger partial charge is 0.251 e. The van der Waals surface area contributed by atoms with E-state index in [0.29, 0.717) is 24.7 Å². The first-order chi connectivity index (χ1) is 12.4. The Morgan fingerprint density at radius 1 is 1.19 bits per heavy atom. The van der Waals surface area contributed by atoms with Gasteiger partial charge < -0.3 is 9.88 Å². The van der Waals surface area contributed by atoms with E-state index in [1.807, 2.05) is 42.3 Å². The van der Waals surface area contributed by atoms with Gasteiger partial charge in [-0.15, -0.1) is 0 Å². The summed E-state index contributed by atoms with van der Waals surface area (Å²) in [4.78, 5) is 26.4. The average Bonchev–Trinajstić information content (AvgIpc) is 3.39. The highest BCUT2D eigenvalue weighted by molar-refractivity contribution is 5.99. The molecule has 2 aromatic rings. The molecule has 3 rings (SSSR count). The van der Waals surface area contributed by atoms with Crippen molar-refractivity contribution in [2.75, 3.05) is 20.6 Å².